The van der Waals surface area contributed by atoms with Crippen LogP contribution in [0.3, 0.4) is 0 Å². The second-order valence-corrected chi connectivity index (χ2v) is 5.15. The van der Waals surface area contributed by atoms with Crippen LogP contribution in [0.25, 0.3) is 0 Å². The molecule has 1 aliphatic heterocycles. The second kappa shape index (κ2) is 6.21. The maximum atomic E-state index is 5.87. The first kappa shape index (κ1) is 13.4. The first-order valence-electron chi connectivity index (χ1n) is 6.82. The van der Waals surface area contributed by atoms with Crippen LogP contribution in [0, 0.1) is 6.92 Å². The van der Waals surface area contributed by atoms with Crippen molar-refractivity contribution in [3.05, 3.63) is 29.3 Å². The van der Waals surface area contributed by atoms with Gasteiger partial charge in [0.15, 0.2) is 0 Å². The topological polar surface area (TPSA) is 38.5 Å². The van der Waals surface area contributed by atoms with E-state index in [9.17, 15) is 0 Å². The Morgan fingerprint density at radius 3 is 2.89 bits per heavy atom. The lowest BCUT2D eigenvalue weighted by Gasteiger charge is -2.35. The number of hydrogen-bond donors (Lipinski definition) is 1. The molecule has 0 unspecified atom stereocenters. The Balaban J connectivity index is 2.07. The zero-order chi connectivity index (χ0) is 13.0. The van der Waals surface area contributed by atoms with Crippen LogP contribution in [-0.4, -0.2) is 31.1 Å². The van der Waals surface area contributed by atoms with Gasteiger partial charge in [-0.25, -0.2) is 0 Å². The highest BCUT2D eigenvalue weighted by molar-refractivity contribution is 5.34. The van der Waals surface area contributed by atoms with Crippen molar-refractivity contribution >= 4 is 0 Å². The van der Waals surface area contributed by atoms with Crippen molar-refractivity contribution in [2.75, 3.05) is 20.2 Å². The molecule has 2 rings (SSSR count). The van der Waals surface area contributed by atoms with Crippen LogP contribution in [0.2, 0.25) is 0 Å². The highest BCUT2D eigenvalue weighted by atomic mass is 16.5. The molecular weight excluding hydrogens is 224 g/mol. The van der Waals surface area contributed by atoms with E-state index in [4.69, 9.17) is 10.5 Å². The SMILES string of the molecule is COc1ccc(CN2CCCC[C@H]2CN)c(C)c1. The minimum Gasteiger partial charge on any atom is -0.497 e. The number of rotatable bonds is 4. The number of hydrogen-bond acceptors (Lipinski definition) is 3. The molecule has 2 N–H and O–H groups in total. The molecule has 18 heavy (non-hydrogen) atoms. The lowest BCUT2D eigenvalue weighted by molar-refractivity contribution is 0.144. The maximum Gasteiger partial charge on any atom is 0.119 e. The van der Waals surface area contributed by atoms with E-state index in [0.29, 0.717) is 6.04 Å². The second-order valence-electron chi connectivity index (χ2n) is 5.15. The predicted molar refractivity (Wildman–Crippen MR) is 74.8 cm³/mol. The average molecular weight is 248 g/mol. The molecule has 1 aliphatic rings. The van der Waals surface area contributed by atoms with Crippen molar-refractivity contribution in [3.8, 4) is 5.75 Å². The van der Waals surface area contributed by atoms with Gasteiger partial charge in [-0.15, -0.1) is 0 Å². The van der Waals surface area contributed by atoms with Gasteiger partial charge < -0.3 is 10.5 Å². The van der Waals surface area contributed by atoms with Gasteiger partial charge in [0.25, 0.3) is 0 Å². The highest BCUT2D eigenvalue weighted by Crippen LogP contribution is 2.22. The predicted octanol–water partition coefficient (Wildman–Crippen LogP) is 2.32. The van der Waals surface area contributed by atoms with E-state index in [1.54, 1.807) is 7.11 Å². The van der Waals surface area contributed by atoms with Gasteiger partial charge in [-0.2, -0.15) is 0 Å². The number of likely N-dealkylation sites (tertiary alicyclic amines) is 1. The first-order chi connectivity index (χ1) is 8.74. The third-order valence-electron chi connectivity index (χ3n) is 3.94. The monoisotopic (exact) mass is 248 g/mol. The third-order valence-corrected chi connectivity index (χ3v) is 3.94. The van der Waals surface area contributed by atoms with E-state index >= 15 is 0 Å². The van der Waals surface area contributed by atoms with E-state index in [1.807, 2.05) is 6.07 Å². The summed E-state index contributed by atoms with van der Waals surface area (Å²) in [5.74, 6) is 0.935. The van der Waals surface area contributed by atoms with Crippen molar-refractivity contribution < 1.29 is 4.74 Å². The standard InChI is InChI=1S/C15H24N2O/c1-12-9-15(18-2)7-6-13(12)11-17-8-4-3-5-14(17)10-16/h6-7,9,14H,3-5,8,10-11,16H2,1-2H3/t14-/m0/s1. The number of benzene rings is 1. The van der Waals surface area contributed by atoms with Crippen molar-refractivity contribution in [2.45, 2.75) is 38.8 Å². The Morgan fingerprint density at radius 1 is 1.39 bits per heavy atom. The van der Waals surface area contributed by atoms with Crippen molar-refractivity contribution in [3.63, 3.8) is 0 Å². The molecule has 1 saturated heterocycles. The molecule has 0 saturated carbocycles. The largest absolute Gasteiger partial charge is 0.497 e. The van der Waals surface area contributed by atoms with Crippen LogP contribution in [0.1, 0.15) is 30.4 Å². The van der Waals surface area contributed by atoms with E-state index in [2.05, 4.69) is 24.0 Å². The fourth-order valence-corrected chi connectivity index (χ4v) is 2.73. The Bertz CT molecular complexity index is 392. The number of nitrogens with two attached hydrogens (primary N) is 1. The summed E-state index contributed by atoms with van der Waals surface area (Å²) in [5.41, 5.74) is 8.56. The van der Waals surface area contributed by atoms with Gasteiger partial charge in [-0.3, -0.25) is 4.90 Å². The van der Waals surface area contributed by atoms with E-state index in [0.717, 1.165) is 18.8 Å². The summed E-state index contributed by atoms with van der Waals surface area (Å²) in [4.78, 5) is 2.53. The molecule has 1 aromatic carbocycles. The molecule has 1 heterocycles. The zero-order valence-corrected chi connectivity index (χ0v) is 11.5. The molecule has 1 fully saturated rings. The number of ether oxygens (including phenoxy) is 1. The lowest BCUT2D eigenvalue weighted by Crippen LogP contribution is -2.43. The summed E-state index contributed by atoms with van der Waals surface area (Å²) in [5, 5.41) is 0. The lowest BCUT2D eigenvalue weighted by atomic mass is 10.00. The quantitative estimate of drug-likeness (QED) is 0.888. The van der Waals surface area contributed by atoms with Gasteiger partial charge >= 0.3 is 0 Å². The van der Waals surface area contributed by atoms with Crippen LogP contribution in [0.4, 0.5) is 0 Å². The Kier molecular flexibility index (Phi) is 4.61. The molecule has 0 amide bonds. The van der Waals surface area contributed by atoms with E-state index in [1.165, 1.54) is 36.9 Å². The molecule has 1 atom stereocenters. The number of piperidine rings is 1. The van der Waals surface area contributed by atoms with Crippen LogP contribution < -0.4 is 10.5 Å². The van der Waals surface area contributed by atoms with Gasteiger partial charge in [-0.1, -0.05) is 12.5 Å². The number of nitrogens with zero attached hydrogens (tertiary/aromatic N) is 1. The van der Waals surface area contributed by atoms with Gasteiger partial charge in [0.1, 0.15) is 5.75 Å². The van der Waals surface area contributed by atoms with Crippen LogP contribution in [0.5, 0.6) is 5.75 Å². The Hall–Kier alpha value is -1.06. The number of aryl methyl sites for hydroxylation is 1. The summed E-state index contributed by atoms with van der Waals surface area (Å²) < 4.78 is 5.25. The van der Waals surface area contributed by atoms with E-state index < -0.39 is 0 Å². The summed E-state index contributed by atoms with van der Waals surface area (Å²) >= 11 is 0. The molecule has 0 aliphatic carbocycles. The minimum absolute atomic E-state index is 0.556. The Labute approximate surface area is 110 Å². The molecule has 100 valence electrons. The molecule has 0 radical (unpaired) electrons. The summed E-state index contributed by atoms with van der Waals surface area (Å²) in [6.07, 6.45) is 3.86. The molecule has 0 bridgehead atoms. The molecule has 0 aromatic heterocycles. The maximum absolute atomic E-state index is 5.87. The highest BCUT2D eigenvalue weighted by Gasteiger charge is 2.21. The smallest absolute Gasteiger partial charge is 0.119 e. The van der Waals surface area contributed by atoms with Crippen LogP contribution >= 0.6 is 0 Å². The summed E-state index contributed by atoms with van der Waals surface area (Å²) in [6, 6.07) is 6.89. The third kappa shape index (κ3) is 3.03. The normalized spacial score (nSPS) is 20.9. The van der Waals surface area contributed by atoms with Crippen LogP contribution in [0.15, 0.2) is 18.2 Å². The zero-order valence-electron chi connectivity index (χ0n) is 11.5. The van der Waals surface area contributed by atoms with Crippen molar-refractivity contribution in [1.82, 2.24) is 4.90 Å². The summed E-state index contributed by atoms with van der Waals surface area (Å²) in [6.45, 7) is 5.11. The van der Waals surface area contributed by atoms with E-state index in [-0.39, 0.29) is 0 Å². The van der Waals surface area contributed by atoms with Gasteiger partial charge in [-0.05, 0) is 49.6 Å². The number of methoxy groups -OCH3 is 1. The van der Waals surface area contributed by atoms with Crippen LogP contribution in [-0.2, 0) is 6.54 Å². The van der Waals surface area contributed by atoms with Gasteiger partial charge in [0, 0.05) is 19.1 Å². The summed E-state index contributed by atoms with van der Waals surface area (Å²) in [7, 11) is 1.71. The molecular formula is C15H24N2O. The van der Waals surface area contributed by atoms with Crippen molar-refractivity contribution in [1.29, 1.82) is 0 Å². The van der Waals surface area contributed by atoms with Crippen molar-refractivity contribution in [2.24, 2.45) is 5.73 Å². The fraction of sp³-hybridized carbons (Fsp3) is 0.600. The fourth-order valence-electron chi connectivity index (χ4n) is 2.73. The molecule has 1 aromatic rings. The molecule has 0 spiro atoms. The van der Waals surface area contributed by atoms with Gasteiger partial charge in [0.05, 0.1) is 7.11 Å². The first-order valence-corrected chi connectivity index (χ1v) is 6.82. The van der Waals surface area contributed by atoms with Gasteiger partial charge in [0.2, 0.25) is 0 Å². The Morgan fingerprint density at radius 2 is 2.22 bits per heavy atom. The molecule has 3 heteroatoms. The minimum atomic E-state index is 0.556. The average Bonchev–Trinajstić information content (AvgIpc) is 2.41. The molecule has 3 nitrogen and oxygen atoms in total.